The van der Waals surface area contributed by atoms with E-state index in [4.69, 9.17) is 4.74 Å². The van der Waals surface area contributed by atoms with Crippen LogP contribution in [0.2, 0.25) is 0 Å². The predicted molar refractivity (Wildman–Crippen MR) is 80.9 cm³/mol. The fourth-order valence-electron chi connectivity index (χ4n) is 2.65. The number of benzene rings is 1. The molecule has 21 heavy (non-hydrogen) atoms. The van der Waals surface area contributed by atoms with E-state index in [9.17, 15) is 9.18 Å². The van der Waals surface area contributed by atoms with Crippen LogP contribution in [0.1, 0.15) is 26.7 Å². The first-order valence-electron chi connectivity index (χ1n) is 7.52. The van der Waals surface area contributed by atoms with E-state index in [0.717, 1.165) is 25.1 Å². The molecule has 1 N–H and O–H groups in total. The molecule has 5 heteroatoms. The largest absolute Gasteiger partial charge is 0.369 e. The van der Waals surface area contributed by atoms with Gasteiger partial charge in [0.15, 0.2) is 0 Å². The lowest BCUT2D eigenvalue weighted by Crippen LogP contribution is -2.50. The topological polar surface area (TPSA) is 41.6 Å². The van der Waals surface area contributed by atoms with E-state index < -0.39 is 6.10 Å². The van der Waals surface area contributed by atoms with E-state index in [-0.39, 0.29) is 17.8 Å². The third-order valence-corrected chi connectivity index (χ3v) is 3.73. The lowest BCUT2D eigenvalue weighted by atomic mass is 10.0. The number of hydrogen-bond donors (Lipinski definition) is 1. The summed E-state index contributed by atoms with van der Waals surface area (Å²) in [5.41, 5.74) is 0.867. The summed E-state index contributed by atoms with van der Waals surface area (Å²) in [5, 5.41) is 3.02. The lowest BCUT2D eigenvalue weighted by Gasteiger charge is -2.35. The number of nitrogens with zero attached hydrogens (tertiary/aromatic N) is 1. The highest BCUT2D eigenvalue weighted by Crippen LogP contribution is 2.20. The maximum atomic E-state index is 13.3. The molecular formula is C16H23FN2O2. The van der Waals surface area contributed by atoms with Gasteiger partial charge in [-0.05, 0) is 44.9 Å². The molecule has 0 bridgehead atoms. The molecule has 1 aliphatic rings. The fourth-order valence-corrected chi connectivity index (χ4v) is 2.65. The minimum absolute atomic E-state index is 0.0806. The Labute approximate surface area is 125 Å². The van der Waals surface area contributed by atoms with Crippen LogP contribution in [-0.2, 0) is 9.53 Å². The molecular weight excluding hydrogens is 271 g/mol. The number of nitrogens with one attached hydrogen (secondary N) is 1. The molecule has 116 valence electrons. The van der Waals surface area contributed by atoms with Crippen molar-refractivity contribution in [3.8, 4) is 0 Å². The van der Waals surface area contributed by atoms with Gasteiger partial charge in [-0.25, -0.2) is 4.39 Å². The Morgan fingerprint density at radius 2 is 2.38 bits per heavy atom. The van der Waals surface area contributed by atoms with Gasteiger partial charge in [-0.1, -0.05) is 6.07 Å². The van der Waals surface area contributed by atoms with Gasteiger partial charge in [-0.15, -0.1) is 0 Å². The number of hydrogen-bond acceptors (Lipinski definition) is 3. The summed E-state index contributed by atoms with van der Waals surface area (Å²) in [6.45, 7) is 5.74. The molecule has 0 aromatic heterocycles. The van der Waals surface area contributed by atoms with Gasteiger partial charge < -0.3 is 15.0 Å². The minimum Gasteiger partial charge on any atom is -0.369 e. The summed E-state index contributed by atoms with van der Waals surface area (Å²) >= 11 is 0. The van der Waals surface area contributed by atoms with Gasteiger partial charge in [0.25, 0.3) is 0 Å². The van der Waals surface area contributed by atoms with Crippen LogP contribution in [0.3, 0.4) is 0 Å². The quantitative estimate of drug-likeness (QED) is 0.906. The second-order valence-electron chi connectivity index (χ2n) is 5.37. The number of amides is 1. The van der Waals surface area contributed by atoms with Gasteiger partial charge in [-0.2, -0.15) is 0 Å². The highest BCUT2D eigenvalue weighted by Gasteiger charge is 2.23. The summed E-state index contributed by atoms with van der Waals surface area (Å²) in [5.74, 6) is -0.313. The smallest absolute Gasteiger partial charge is 0.249 e. The Morgan fingerprint density at radius 3 is 3.10 bits per heavy atom. The molecule has 1 fully saturated rings. The van der Waals surface area contributed by atoms with Crippen LogP contribution in [0.25, 0.3) is 0 Å². The Bertz CT molecular complexity index is 481. The molecule has 2 atom stereocenters. The van der Waals surface area contributed by atoms with E-state index in [2.05, 4.69) is 10.2 Å². The highest BCUT2D eigenvalue weighted by atomic mass is 19.1. The maximum absolute atomic E-state index is 13.3. The van der Waals surface area contributed by atoms with Crippen molar-refractivity contribution in [3.63, 3.8) is 0 Å². The average molecular weight is 294 g/mol. The normalized spacial score (nSPS) is 20.1. The van der Waals surface area contributed by atoms with Gasteiger partial charge in [0.2, 0.25) is 5.91 Å². The van der Waals surface area contributed by atoms with E-state index in [1.54, 1.807) is 13.0 Å². The number of rotatable bonds is 5. The lowest BCUT2D eigenvalue weighted by molar-refractivity contribution is -0.132. The van der Waals surface area contributed by atoms with Crippen LogP contribution in [0.4, 0.5) is 10.1 Å². The van der Waals surface area contributed by atoms with Gasteiger partial charge in [0, 0.05) is 31.4 Å². The van der Waals surface area contributed by atoms with E-state index >= 15 is 0 Å². The zero-order chi connectivity index (χ0) is 15.2. The number of anilines is 1. The van der Waals surface area contributed by atoms with Crippen molar-refractivity contribution in [2.75, 3.05) is 24.6 Å². The van der Waals surface area contributed by atoms with E-state index in [1.807, 2.05) is 13.0 Å². The average Bonchev–Trinajstić information content (AvgIpc) is 2.48. The van der Waals surface area contributed by atoms with Crippen molar-refractivity contribution in [1.82, 2.24) is 5.32 Å². The molecule has 2 rings (SSSR count). The predicted octanol–water partition coefficient (Wildman–Crippen LogP) is 2.34. The van der Waals surface area contributed by atoms with Gasteiger partial charge in [-0.3, -0.25) is 4.79 Å². The van der Waals surface area contributed by atoms with Crippen LogP contribution < -0.4 is 10.2 Å². The second-order valence-corrected chi connectivity index (χ2v) is 5.37. The summed E-state index contributed by atoms with van der Waals surface area (Å²) in [6, 6.07) is 6.67. The zero-order valence-corrected chi connectivity index (χ0v) is 12.6. The van der Waals surface area contributed by atoms with Crippen molar-refractivity contribution in [1.29, 1.82) is 0 Å². The Balaban J connectivity index is 1.93. The summed E-state index contributed by atoms with van der Waals surface area (Å²) in [4.78, 5) is 14.1. The monoisotopic (exact) mass is 294 g/mol. The van der Waals surface area contributed by atoms with Crippen LogP contribution in [-0.4, -0.2) is 37.7 Å². The van der Waals surface area contributed by atoms with Gasteiger partial charge in [0.05, 0.1) is 0 Å². The molecule has 4 nitrogen and oxygen atoms in total. The third-order valence-electron chi connectivity index (χ3n) is 3.73. The molecule has 0 saturated carbocycles. The summed E-state index contributed by atoms with van der Waals surface area (Å²) in [7, 11) is 0. The van der Waals surface area contributed by atoms with Crippen molar-refractivity contribution in [3.05, 3.63) is 30.1 Å². The molecule has 0 radical (unpaired) electrons. The molecule has 1 saturated heterocycles. The number of piperidine rings is 1. The molecule has 1 aromatic carbocycles. The van der Waals surface area contributed by atoms with Gasteiger partial charge >= 0.3 is 0 Å². The molecule has 0 aliphatic carbocycles. The minimum atomic E-state index is -0.431. The first-order chi connectivity index (χ1) is 10.1. The highest BCUT2D eigenvalue weighted by molar-refractivity contribution is 5.80. The van der Waals surface area contributed by atoms with Crippen molar-refractivity contribution < 1.29 is 13.9 Å². The van der Waals surface area contributed by atoms with Crippen molar-refractivity contribution in [2.24, 2.45) is 0 Å². The Hall–Kier alpha value is -1.62. The molecule has 1 aromatic rings. The first kappa shape index (κ1) is 15.8. The van der Waals surface area contributed by atoms with E-state index in [1.165, 1.54) is 12.1 Å². The van der Waals surface area contributed by atoms with Gasteiger partial charge in [0.1, 0.15) is 11.9 Å². The molecule has 1 heterocycles. The van der Waals surface area contributed by atoms with Crippen LogP contribution in [0.5, 0.6) is 0 Å². The Morgan fingerprint density at radius 1 is 1.57 bits per heavy atom. The first-order valence-corrected chi connectivity index (χ1v) is 7.52. The summed E-state index contributed by atoms with van der Waals surface area (Å²) < 4.78 is 18.6. The van der Waals surface area contributed by atoms with E-state index in [0.29, 0.717) is 13.2 Å². The maximum Gasteiger partial charge on any atom is 0.249 e. The molecule has 0 unspecified atom stereocenters. The van der Waals surface area contributed by atoms with Crippen LogP contribution in [0, 0.1) is 5.82 Å². The fraction of sp³-hybridized carbons (Fsp3) is 0.562. The van der Waals surface area contributed by atoms with Crippen LogP contribution >= 0.6 is 0 Å². The Kier molecular flexibility index (Phi) is 5.56. The molecule has 1 amide bonds. The zero-order valence-electron chi connectivity index (χ0n) is 12.6. The molecule has 1 aliphatic heterocycles. The number of ether oxygens (including phenoxy) is 1. The van der Waals surface area contributed by atoms with Crippen molar-refractivity contribution >= 4 is 11.6 Å². The standard InChI is InChI=1S/C16H23FN2O2/c1-3-21-12(2)16(20)18-14-7-5-9-19(11-14)15-8-4-6-13(17)10-15/h4,6,8,10,12,14H,3,5,7,9,11H2,1-2H3,(H,18,20)/t12-,14-/m1/s1. The summed E-state index contributed by atoms with van der Waals surface area (Å²) in [6.07, 6.45) is 1.49. The van der Waals surface area contributed by atoms with Crippen molar-refractivity contribution in [2.45, 2.75) is 38.8 Å². The third kappa shape index (κ3) is 4.43. The molecule has 0 spiro atoms. The number of carbonyl (C=O) groups is 1. The number of halogens is 1. The number of carbonyl (C=O) groups excluding carboxylic acids is 1. The SMILES string of the molecule is CCO[C@H](C)C(=O)N[C@@H]1CCCN(c2cccc(F)c2)C1. The second kappa shape index (κ2) is 7.41. The van der Waals surface area contributed by atoms with Crippen LogP contribution in [0.15, 0.2) is 24.3 Å².